The molecule has 1 heterocycles. The summed E-state index contributed by atoms with van der Waals surface area (Å²) in [6, 6.07) is 15.0. The van der Waals surface area contributed by atoms with Gasteiger partial charge in [0.05, 0.1) is 42.4 Å². The average Bonchev–Trinajstić information content (AvgIpc) is 2.78. The van der Waals surface area contributed by atoms with Crippen LogP contribution in [0.15, 0.2) is 54.6 Å². The molecule has 1 N–H and O–H groups in total. The number of hydrogen-bond donors (Lipinski definition) is 1. The molecule has 0 aliphatic rings. The molecule has 0 aliphatic carbocycles. The normalized spacial score (nSPS) is 10.6. The molecule has 7 nitrogen and oxygen atoms in total. The summed E-state index contributed by atoms with van der Waals surface area (Å²) in [4.78, 5) is 29.6. The molecule has 9 heteroatoms. The van der Waals surface area contributed by atoms with Gasteiger partial charge >= 0.3 is 12.6 Å². The Bertz CT molecular complexity index is 1140. The van der Waals surface area contributed by atoms with Crippen molar-refractivity contribution >= 4 is 17.6 Å². The van der Waals surface area contributed by atoms with Crippen molar-refractivity contribution in [2.75, 3.05) is 19.5 Å². The smallest absolute Gasteiger partial charge is 0.387 e. The number of aryl methyl sites for hydroxylation is 1. The summed E-state index contributed by atoms with van der Waals surface area (Å²) in [5, 5.41) is 2.55. The number of nitrogens with one attached hydrogen (secondary N) is 1. The molecule has 0 spiro atoms. The second kappa shape index (κ2) is 9.86. The Morgan fingerprint density at radius 3 is 2.28 bits per heavy atom. The minimum absolute atomic E-state index is 0.0789. The summed E-state index contributed by atoms with van der Waals surface area (Å²) in [6.45, 7) is -1.46. The number of alkyl halides is 2. The molecule has 0 bridgehead atoms. The molecule has 1 aromatic heterocycles. The van der Waals surface area contributed by atoms with Crippen molar-refractivity contribution in [1.82, 2.24) is 4.98 Å². The van der Waals surface area contributed by atoms with E-state index in [1.165, 1.54) is 7.11 Å². The molecule has 166 valence electrons. The van der Waals surface area contributed by atoms with Gasteiger partial charge < -0.3 is 19.5 Å². The van der Waals surface area contributed by atoms with E-state index in [2.05, 4.69) is 15.0 Å². The molecule has 3 aromatic rings. The lowest BCUT2D eigenvalue weighted by Crippen LogP contribution is -2.18. The van der Waals surface area contributed by atoms with Gasteiger partial charge in [-0.15, -0.1) is 0 Å². The predicted octanol–water partition coefficient (Wildman–Crippen LogP) is 4.71. The predicted molar refractivity (Wildman–Crippen MR) is 113 cm³/mol. The van der Waals surface area contributed by atoms with Crippen molar-refractivity contribution in [2.45, 2.75) is 13.5 Å². The fourth-order valence-corrected chi connectivity index (χ4v) is 3.05. The number of hydrogen-bond acceptors (Lipinski definition) is 6. The largest absolute Gasteiger partial charge is 0.493 e. The number of methoxy groups -OCH3 is 2. The molecule has 1 amide bonds. The van der Waals surface area contributed by atoms with Crippen LogP contribution in [0.2, 0.25) is 0 Å². The second-order valence-corrected chi connectivity index (χ2v) is 6.57. The lowest BCUT2D eigenvalue weighted by molar-refractivity contribution is -0.0511. The van der Waals surface area contributed by atoms with Crippen LogP contribution < -0.4 is 14.8 Å². The van der Waals surface area contributed by atoms with Crippen molar-refractivity contribution in [3.63, 3.8) is 0 Å². The highest BCUT2D eigenvalue weighted by Gasteiger charge is 2.22. The molecule has 0 radical (unpaired) electrons. The molecule has 0 atom stereocenters. The Labute approximate surface area is 182 Å². The third kappa shape index (κ3) is 5.00. The molecule has 0 fully saturated rings. The van der Waals surface area contributed by atoms with Gasteiger partial charge in [-0.2, -0.15) is 8.78 Å². The molecule has 32 heavy (non-hydrogen) atoms. The minimum atomic E-state index is -3.13. The zero-order chi connectivity index (χ0) is 23.3. The van der Waals surface area contributed by atoms with E-state index >= 15 is 0 Å². The number of anilines is 1. The van der Waals surface area contributed by atoms with Gasteiger partial charge in [0, 0.05) is 17.7 Å². The van der Waals surface area contributed by atoms with Crippen LogP contribution >= 0.6 is 0 Å². The number of aromatic nitrogens is 1. The van der Waals surface area contributed by atoms with Gasteiger partial charge in [-0.3, -0.25) is 9.78 Å². The van der Waals surface area contributed by atoms with Crippen molar-refractivity contribution in [2.24, 2.45) is 0 Å². The van der Waals surface area contributed by atoms with Crippen LogP contribution in [0, 0.1) is 6.92 Å². The number of carbonyl (C=O) groups is 2. The Morgan fingerprint density at radius 1 is 0.969 bits per heavy atom. The molecular weight excluding hydrogens is 422 g/mol. The molecule has 0 unspecified atom stereocenters. The summed E-state index contributed by atoms with van der Waals surface area (Å²) in [7, 11) is 2.39. The minimum Gasteiger partial charge on any atom is -0.493 e. The number of esters is 1. The second-order valence-electron chi connectivity index (χ2n) is 6.57. The number of rotatable bonds is 7. The first-order chi connectivity index (χ1) is 15.3. The van der Waals surface area contributed by atoms with E-state index in [1.807, 2.05) is 30.3 Å². The van der Waals surface area contributed by atoms with Crippen molar-refractivity contribution in [3.05, 3.63) is 71.4 Å². The van der Waals surface area contributed by atoms with Crippen molar-refractivity contribution in [3.8, 4) is 22.8 Å². The topological polar surface area (TPSA) is 86.8 Å². The maximum atomic E-state index is 12.9. The van der Waals surface area contributed by atoms with Crippen molar-refractivity contribution < 1.29 is 32.6 Å². The Kier molecular flexibility index (Phi) is 6.99. The number of benzene rings is 2. The van der Waals surface area contributed by atoms with E-state index in [0.29, 0.717) is 11.4 Å². The van der Waals surface area contributed by atoms with Gasteiger partial charge in [0.1, 0.15) is 0 Å². The molecule has 0 aliphatic heterocycles. The Morgan fingerprint density at radius 2 is 1.69 bits per heavy atom. The maximum Gasteiger partial charge on any atom is 0.387 e. The first kappa shape index (κ1) is 22.7. The van der Waals surface area contributed by atoms with Gasteiger partial charge in [0.15, 0.2) is 11.5 Å². The maximum absolute atomic E-state index is 12.9. The SMILES string of the molecule is COC(=O)c1cc(OC)c(OC(F)F)cc1NC(=O)c1ccc(-c2ccccc2)nc1C. The van der Waals surface area contributed by atoms with Crippen LogP contribution in [-0.4, -0.2) is 37.7 Å². The Hall–Kier alpha value is -4.01. The van der Waals surface area contributed by atoms with E-state index in [1.54, 1.807) is 19.1 Å². The number of nitrogens with zero attached hydrogens (tertiary/aromatic N) is 1. The van der Waals surface area contributed by atoms with Gasteiger partial charge in [0.25, 0.3) is 5.91 Å². The number of halogens is 2. The van der Waals surface area contributed by atoms with Gasteiger partial charge in [-0.25, -0.2) is 4.79 Å². The first-order valence-corrected chi connectivity index (χ1v) is 9.43. The number of amides is 1. The summed E-state index contributed by atoms with van der Waals surface area (Å²) in [5.74, 6) is -1.85. The van der Waals surface area contributed by atoms with Crippen molar-refractivity contribution in [1.29, 1.82) is 0 Å². The fourth-order valence-electron chi connectivity index (χ4n) is 3.05. The third-order valence-electron chi connectivity index (χ3n) is 4.57. The van der Waals surface area contributed by atoms with E-state index in [0.717, 1.165) is 24.8 Å². The summed E-state index contributed by atoms with van der Waals surface area (Å²) < 4.78 is 39.8. The molecule has 0 saturated carbocycles. The molecule has 2 aromatic carbocycles. The summed E-state index contributed by atoms with van der Waals surface area (Å²) >= 11 is 0. The van der Waals surface area contributed by atoms with Crippen LogP contribution in [0.4, 0.5) is 14.5 Å². The Balaban J connectivity index is 1.96. The fraction of sp³-hybridized carbons (Fsp3) is 0.174. The van der Waals surface area contributed by atoms with Crippen LogP contribution in [0.1, 0.15) is 26.4 Å². The third-order valence-corrected chi connectivity index (χ3v) is 4.57. The van der Waals surface area contributed by atoms with Gasteiger partial charge in [0.2, 0.25) is 0 Å². The molecule has 3 rings (SSSR count). The van der Waals surface area contributed by atoms with E-state index in [-0.39, 0.29) is 28.3 Å². The van der Waals surface area contributed by atoms with Gasteiger partial charge in [-0.1, -0.05) is 30.3 Å². The lowest BCUT2D eigenvalue weighted by atomic mass is 10.1. The molecular formula is C23H20F2N2O5. The summed E-state index contributed by atoms with van der Waals surface area (Å²) in [5.41, 5.74) is 2.09. The monoisotopic (exact) mass is 442 g/mol. The van der Waals surface area contributed by atoms with Crippen LogP contribution in [0.3, 0.4) is 0 Å². The average molecular weight is 442 g/mol. The van der Waals surface area contributed by atoms with E-state index in [4.69, 9.17) is 9.47 Å². The zero-order valence-electron chi connectivity index (χ0n) is 17.5. The number of carbonyl (C=O) groups excluding carboxylic acids is 2. The summed E-state index contributed by atoms with van der Waals surface area (Å²) in [6.07, 6.45) is 0. The van der Waals surface area contributed by atoms with E-state index in [9.17, 15) is 18.4 Å². The quantitative estimate of drug-likeness (QED) is 0.534. The number of pyridine rings is 1. The zero-order valence-corrected chi connectivity index (χ0v) is 17.5. The molecule has 0 saturated heterocycles. The first-order valence-electron chi connectivity index (χ1n) is 9.43. The highest BCUT2D eigenvalue weighted by molar-refractivity contribution is 6.09. The highest BCUT2D eigenvalue weighted by atomic mass is 19.3. The highest BCUT2D eigenvalue weighted by Crippen LogP contribution is 2.35. The van der Waals surface area contributed by atoms with Gasteiger partial charge in [-0.05, 0) is 19.1 Å². The number of ether oxygens (including phenoxy) is 3. The van der Waals surface area contributed by atoms with Crippen LogP contribution in [-0.2, 0) is 4.74 Å². The lowest BCUT2D eigenvalue weighted by Gasteiger charge is -2.16. The van der Waals surface area contributed by atoms with Crippen LogP contribution in [0.25, 0.3) is 11.3 Å². The van der Waals surface area contributed by atoms with E-state index < -0.39 is 18.5 Å². The standard InChI is InChI=1S/C23H20F2N2O5/c1-13-15(9-10-17(26-13)14-7-5-4-6-8-14)21(28)27-18-12-20(32-23(24)25)19(30-2)11-16(18)22(29)31-3/h4-12,23H,1-3H3,(H,27,28). The van der Waals surface area contributed by atoms with Crippen LogP contribution in [0.5, 0.6) is 11.5 Å².